The summed E-state index contributed by atoms with van der Waals surface area (Å²) < 4.78 is 5.37. The predicted octanol–water partition coefficient (Wildman–Crippen LogP) is 2.95. The summed E-state index contributed by atoms with van der Waals surface area (Å²) in [5, 5.41) is 9.64. The number of rotatable bonds is 7. The van der Waals surface area contributed by atoms with Crippen LogP contribution in [0.1, 0.15) is 37.8 Å². The Balaban J connectivity index is 2.18. The van der Waals surface area contributed by atoms with Gasteiger partial charge in [-0.2, -0.15) is 0 Å². The molecule has 0 amide bonds. The molecule has 2 unspecified atom stereocenters. The largest absolute Gasteiger partial charge is 0.481 e. The number of benzene rings is 1. The predicted molar refractivity (Wildman–Crippen MR) is 82.2 cm³/mol. The van der Waals surface area contributed by atoms with Gasteiger partial charge >= 0.3 is 5.97 Å². The van der Waals surface area contributed by atoms with Crippen LogP contribution >= 0.6 is 0 Å². The minimum absolute atomic E-state index is 0.134. The summed E-state index contributed by atoms with van der Waals surface area (Å²) in [5.74, 6) is -0.656. The van der Waals surface area contributed by atoms with Crippen molar-refractivity contribution in [2.24, 2.45) is 5.41 Å². The molecule has 0 aliphatic carbocycles. The molecule has 1 aromatic rings. The van der Waals surface area contributed by atoms with E-state index in [1.165, 1.54) is 5.56 Å². The van der Waals surface area contributed by atoms with Crippen LogP contribution in [-0.2, 0) is 9.53 Å². The molecule has 1 aromatic carbocycles. The van der Waals surface area contributed by atoms with Crippen LogP contribution in [0.4, 0.5) is 0 Å². The van der Waals surface area contributed by atoms with Crippen molar-refractivity contribution in [2.75, 3.05) is 26.8 Å². The molecule has 1 aliphatic rings. The number of carbonyl (C=O) groups is 1. The van der Waals surface area contributed by atoms with Gasteiger partial charge in [0.25, 0.3) is 0 Å². The minimum atomic E-state index is -0.656. The second-order valence-corrected chi connectivity index (χ2v) is 5.94. The van der Waals surface area contributed by atoms with Crippen molar-refractivity contribution in [1.29, 1.82) is 0 Å². The summed E-state index contributed by atoms with van der Waals surface area (Å²) in [7, 11) is 1.70. The van der Waals surface area contributed by atoms with Crippen LogP contribution in [0.2, 0.25) is 0 Å². The number of carboxylic acids is 1. The van der Waals surface area contributed by atoms with Crippen LogP contribution in [0.25, 0.3) is 0 Å². The number of hydrogen-bond acceptors (Lipinski definition) is 3. The normalized spacial score (nSPS) is 24.1. The summed E-state index contributed by atoms with van der Waals surface area (Å²) in [5.41, 5.74) is 0.604. The molecule has 0 aromatic heterocycles. The van der Waals surface area contributed by atoms with Gasteiger partial charge in [0.05, 0.1) is 18.1 Å². The molecule has 0 radical (unpaired) electrons. The molecular weight excluding hydrogens is 266 g/mol. The lowest BCUT2D eigenvalue weighted by molar-refractivity contribution is -0.148. The number of nitrogens with zero attached hydrogens (tertiary/aromatic N) is 1. The molecule has 1 N–H and O–H groups in total. The van der Waals surface area contributed by atoms with E-state index >= 15 is 0 Å². The Morgan fingerprint density at radius 1 is 1.43 bits per heavy atom. The molecule has 4 nitrogen and oxygen atoms in total. The standard InChI is InChI=1S/C17H25NO3/c1-3-9-17(16(19)20)10-11-18(13-17)15(12-21-2)14-7-5-4-6-8-14/h4-8,15H,3,9-13H2,1-2H3,(H,19,20). The summed E-state index contributed by atoms with van der Waals surface area (Å²) in [6.45, 7) is 4.07. The fraction of sp³-hybridized carbons (Fsp3) is 0.588. The number of ether oxygens (including phenoxy) is 1. The molecule has 2 rings (SSSR count). The van der Waals surface area contributed by atoms with Crippen molar-refractivity contribution in [3.8, 4) is 0 Å². The van der Waals surface area contributed by atoms with Crippen molar-refractivity contribution in [1.82, 2.24) is 4.90 Å². The van der Waals surface area contributed by atoms with E-state index in [4.69, 9.17) is 4.74 Å². The molecule has 0 spiro atoms. The first-order chi connectivity index (χ1) is 10.1. The third-order valence-corrected chi connectivity index (χ3v) is 4.52. The Kier molecular flexibility index (Phi) is 5.37. The van der Waals surface area contributed by atoms with E-state index in [0.29, 0.717) is 13.2 Å². The van der Waals surface area contributed by atoms with E-state index in [1.54, 1.807) is 7.11 Å². The van der Waals surface area contributed by atoms with Crippen LogP contribution < -0.4 is 0 Å². The molecular formula is C17H25NO3. The highest BCUT2D eigenvalue weighted by Crippen LogP contribution is 2.39. The van der Waals surface area contributed by atoms with Gasteiger partial charge in [0.2, 0.25) is 0 Å². The number of methoxy groups -OCH3 is 1. The van der Waals surface area contributed by atoms with E-state index in [9.17, 15) is 9.90 Å². The molecule has 1 heterocycles. The molecule has 1 saturated heterocycles. The maximum atomic E-state index is 11.7. The summed E-state index contributed by atoms with van der Waals surface area (Å²) in [4.78, 5) is 14.0. The van der Waals surface area contributed by atoms with Crippen molar-refractivity contribution < 1.29 is 14.6 Å². The lowest BCUT2D eigenvalue weighted by Crippen LogP contribution is -2.37. The van der Waals surface area contributed by atoms with Gasteiger partial charge in [-0.3, -0.25) is 9.69 Å². The van der Waals surface area contributed by atoms with E-state index in [1.807, 2.05) is 18.2 Å². The minimum Gasteiger partial charge on any atom is -0.481 e. The first-order valence-electron chi connectivity index (χ1n) is 7.64. The lowest BCUT2D eigenvalue weighted by atomic mass is 9.82. The highest BCUT2D eigenvalue weighted by atomic mass is 16.5. The third-order valence-electron chi connectivity index (χ3n) is 4.52. The Bertz CT molecular complexity index is 462. The third kappa shape index (κ3) is 3.44. The Morgan fingerprint density at radius 2 is 2.14 bits per heavy atom. The molecule has 21 heavy (non-hydrogen) atoms. The Morgan fingerprint density at radius 3 is 2.71 bits per heavy atom. The summed E-state index contributed by atoms with van der Waals surface area (Å²) in [6, 6.07) is 10.3. The van der Waals surface area contributed by atoms with Gasteiger partial charge in [-0.05, 0) is 18.4 Å². The maximum absolute atomic E-state index is 11.7. The Hall–Kier alpha value is -1.39. The zero-order valence-corrected chi connectivity index (χ0v) is 12.9. The highest BCUT2D eigenvalue weighted by Gasteiger charge is 2.45. The SMILES string of the molecule is CCCC1(C(=O)O)CCN(C(COC)c2ccccc2)C1. The van der Waals surface area contributed by atoms with Gasteiger partial charge in [-0.25, -0.2) is 0 Å². The monoisotopic (exact) mass is 291 g/mol. The van der Waals surface area contributed by atoms with Gasteiger partial charge in [-0.1, -0.05) is 43.7 Å². The van der Waals surface area contributed by atoms with Crippen molar-refractivity contribution in [3.63, 3.8) is 0 Å². The van der Waals surface area contributed by atoms with Crippen LogP contribution in [0.5, 0.6) is 0 Å². The van der Waals surface area contributed by atoms with E-state index in [0.717, 1.165) is 25.8 Å². The van der Waals surface area contributed by atoms with E-state index in [-0.39, 0.29) is 6.04 Å². The molecule has 1 fully saturated rings. The smallest absolute Gasteiger partial charge is 0.310 e. The zero-order chi connectivity index (χ0) is 15.3. The highest BCUT2D eigenvalue weighted by molar-refractivity contribution is 5.75. The van der Waals surface area contributed by atoms with Crippen LogP contribution in [0.15, 0.2) is 30.3 Å². The van der Waals surface area contributed by atoms with E-state index in [2.05, 4.69) is 24.0 Å². The first kappa shape index (κ1) is 16.0. The van der Waals surface area contributed by atoms with Crippen molar-refractivity contribution >= 4 is 5.97 Å². The van der Waals surface area contributed by atoms with Gasteiger partial charge in [-0.15, -0.1) is 0 Å². The molecule has 0 saturated carbocycles. The second kappa shape index (κ2) is 7.05. The molecule has 116 valence electrons. The zero-order valence-electron chi connectivity index (χ0n) is 12.9. The van der Waals surface area contributed by atoms with Gasteiger partial charge < -0.3 is 9.84 Å². The van der Waals surface area contributed by atoms with Crippen LogP contribution in [0.3, 0.4) is 0 Å². The van der Waals surface area contributed by atoms with Gasteiger partial charge in [0.15, 0.2) is 0 Å². The number of aliphatic carboxylic acids is 1. The first-order valence-corrected chi connectivity index (χ1v) is 7.64. The van der Waals surface area contributed by atoms with E-state index < -0.39 is 11.4 Å². The number of likely N-dealkylation sites (tertiary alicyclic amines) is 1. The average molecular weight is 291 g/mol. The lowest BCUT2D eigenvalue weighted by Gasteiger charge is -2.30. The van der Waals surface area contributed by atoms with Crippen molar-refractivity contribution in [2.45, 2.75) is 32.2 Å². The number of carboxylic acid groups (broad SMARTS) is 1. The van der Waals surface area contributed by atoms with Crippen LogP contribution in [0, 0.1) is 5.41 Å². The molecule has 0 bridgehead atoms. The molecule has 1 aliphatic heterocycles. The average Bonchev–Trinajstić information content (AvgIpc) is 2.91. The topological polar surface area (TPSA) is 49.8 Å². The van der Waals surface area contributed by atoms with Crippen LogP contribution in [-0.4, -0.2) is 42.8 Å². The van der Waals surface area contributed by atoms with Gasteiger partial charge in [0.1, 0.15) is 0 Å². The van der Waals surface area contributed by atoms with Gasteiger partial charge in [0, 0.05) is 20.2 Å². The Labute approximate surface area is 126 Å². The maximum Gasteiger partial charge on any atom is 0.310 e. The van der Waals surface area contributed by atoms with Crippen molar-refractivity contribution in [3.05, 3.63) is 35.9 Å². The fourth-order valence-electron chi connectivity index (χ4n) is 3.38. The quantitative estimate of drug-likeness (QED) is 0.839. The summed E-state index contributed by atoms with van der Waals surface area (Å²) in [6.07, 6.45) is 2.37. The molecule has 2 atom stereocenters. The second-order valence-electron chi connectivity index (χ2n) is 5.94. The fourth-order valence-corrected chi connectivity index (χ4v) is 3.38. The molecule has 4 heteroatoms. The number of hydrogen-bond donors (Lipinski definition) is 1. The summed E-state index contributed by atoms with van der Waals surface area (Å²) >= 11 is 0.